The third-order valence-electron chi connectivity index (χ3n) is 2.49. The van der Waals surface area contributed by atoms with Gasteiger partial charge in [0.15, 0.2) is 9.04 Å². The van der Waals surface area contributed by atoms with E-state index in [0.29, 0.717) is 0 Å². The summed E-state index contributed by atoms with van der Waals surface area (Å²) < 4.78 is 30.4. The van der Waals surface area contributed by atoms with Crippen molar-refractivity contribution >= 4 is 43.3 Å². The molecule has 0 aromatic heterocycles. The summed E-state index contributed by atoms with van der Waals surface area (Å²) in [5.74, 6) is 0. The highest BCUT2D eigenvalue weighted by Crippen LogP contribution is 2.24. The van der Waals surface area contributed by atoms with E-state index in [1.54, 1.807) is 7.11 Å². The number of hydrogen-bond donors (Lipinski definition) is 0. The molecule has 0 unspecified atom stereocenters. The molecule has 0 saturated heterocycles. The topological polar surface area (TPSA) is 46.2 Å². The van der Waals surface area contributed by atoms with E-state index in [0.717, 1.165) is 0 Å². The molecule has 21 heavy (non-hydrogen) atoms. The third-order valence-corrected chi connectivity index (χ3v) is 19.4. The van der Waals surface area contributed by atoms with Gasteiger partial charge < -0.3 is 20.9 Å². The predicted molar refractivity (Wildman–Crippen MR) is 100 cm³/mol. The minimum absolute atomic E-state index is 1.11. The van der Waals surface area contributed by atoms with Gasteiger partial charge in [0, 0.05) is 7.11 Å². The fourth-order valence-electron chi connectivity index (χ4n) is 2.45. The first kappa shape index (κ1) is 21.9. The van der Waals surface area contributed by atoms with E-state index in [4.69, 9.17) is 20.9 Å². The minimum atomic E-state index is -2.29. The van der Waals surface area contributed by atoms with Crippen LogP contribution in [-0.2, 0) is 20.9 Å². The monoisotopic (exact) mass is 386 g/mol. The van der Waals surface area contributed by atoms with E-state index in [1.807, 2.05) is 13.1 Å². The first-order valence-corrected chi connectivity index (χ1v) is 21.5. The molecule has 10 heteroatoms. The smallest absolute Gasteiger partial charge is 0.322 e. The Labute approximate surface area is 137 Å². The van der Waals surface area contributed by atoms with Crippen LogP contribution in [-0.4, -0.2) is 50.4 Å². The quantitative estimate of drug-likeness (QED) is 0.568. The van der Waals surface area contributed by atoms with E-state index in [9.17, 15) is 0 Å². The molecule has 0 aromatic carbocycles. The molecule has 0 atom stereocenters. The van der Waals surface area contributed by atoms with Gasteiger partial charge in [-0.3, -0.25) is 0 Å². The Balaban J connectivity index is 4.79. The van der Waals surface area contributed by atoms with E-state index < -0.39 is 43.3 Å². The molecule has 0 saturated carbocycles. The van der Waals surface area contributed by atoms with Crippen LogP contribution in [0.2, 0.25) is 65.5 Å². The van der Waals surface area contributed by atoms with Crippen LogP contribution in [0.25, 0.3) is 0 Å². The fourth-order valence-corrected chi connectivity index (χ4v) is 23.2. The Morgan fingerprint density at radius 1 is 0.571 bits per heavy atom. The molecule has 0 aliphatic heterocycles. The van der Waals surface area contributed by atoms with Gasteiger partial charge in [-0.25, -0.2) is 0 Å². The molecule has 0 amide bonds. The molecule has 128 valence electrons. The van der Waals surface area contributed by atoms with Gasteiger partial charge in [-0.05, 0) is 65.5 Å². The second-order valence-corrected chi connectivity index (χ2v) is 24.4. The van der Waals surface area contributed by atoms with Gasteiger partial charge in [-0.1, -0.05) is 0 Å². The molecular weight excluding hydrogens is 353 g/mol. The first-order valence-electron chi connectivity index (χ1n) is 7.43. The Kier molecular flexibility index (Phi) is 7.96. The van der Waals surface area contributed by atoms with Gasteiger partial charge in [0.25, 0.3) is 0 Å². The van der Waals surface area contributed by atoms with Crippen molar-refractivity contribution in [1.29, 1.82) is 0 Å². The van der Waals surface area contributed by atoms with Crippen LogP contribution in [0.5, 0.6) is 0 Å². The molecule has 5 nitrogen and oxygen atoms in total. The number of rotatable bonds is 9. The van der Waals surface area contributed by atoms with Gasteiger partial charge in [0.05, 0.1) is 0 Å². The van der Waals surface area contributed by atoms with Crippen LogP contribution in [0, 0.1) is 0 Å². The molecule has 0 spiro atoms. The molecule has 0 rings (SSSR count). The van der Waals surface area contributed by atoms with Crippen LogP contribution >= 0.6 is 0 Å². The second kappa shape index (κ2) is 7.64. The lowest BCUT2D eigenvalue weighted by Gasteiger charge is -2.40. The molecule has 0 N–H and O–H groups in total. The SMILES string of the molecule is CO[Si](C)(C)O[Si](C)(C)O[Si](C)(C)O[Si](C)(C)O[SiH](C)C. The maximum Gasteiger partial charge on any atom is 0.322 e. The molecule has 0 aliphatic carbocycles. The highest BCUT2D eigenvalue weighted by atomic mass is 28.5. The summed E-state index contributed by atoms with van der Waals surface area (Å²) in [5.41, 5.74) is 0. The lowest BCUT2D eigenvalue weighted by atomic mass is 11.8. The van der Waals surface area contributed by atoms with Gasteiger partial charge in [0.1, 0.15) is 0 Å². The molecule has 0 bridgehead atoms. The maximum atomic E-state index is 6.34. The Hall–Kier alpha value is 0.884. The maximum absolute atomic E-state index is 6.34. The van der Waals surface area contributed by atoms with E-state index in [1.165, 1.54) is 0 Å². The second-order valence-electron chi connectivity index (χ2n) is 7.28. The molecule has 0 aliphatic rings. The summed E-state index contributed by atoms with van der Waals surface area (Å²) in [6, 6.07) is 0. The van der Waals surface area contributed by atoms with Crippen molar-refractivity contribution in [2.24, 2.45) is 0 Å². The van der Waals surface area contributed by atoms with Gasteiger partial charge in [0.2, 0.25) is 0 Å². The molecule has 0 radical (unpaired) electrons. The standard InChI is InChI=1S/C11H34O5Si5/c1-12-18(4,5)14-20(8,9)16-21(10,11)15-19(6,7)13-17(2)3/h17H,1-11H3. The van der Waals surface area contributed by atoms with E-state index >= 15 is 0 Å². The van der Waals surface area contributed by atoms with Crippen molar-refractivity contribution in [2.45, 2.75) is 65.5 Å². The normalized spacial score (nSPS) is 14.9. The third kappa shape index (κ3) is 10.3. The highest BCUT2D eigenvalue weighted by molar-refractivity contribution is 6.88. The average molecular weight is 387 g/mol. The molecule has 0 heterocycles. The van der Waals surface area contributed by atoms with Crippen LogP contribution in [0.15, 0.2) is 0 Å². The zero-order chi connectivity index (χ0) is 17.1. The Bertz CT molecular complexity index is 333. The van der Waals surface area contributed by atoms with Crippen molar-refractivity contribution in [3.05, 3.63) is 0 Å². The Morgan fingerprint density at radius 3 is 1.24 bits per heavy atom. The van der Waals surface area contributed by atoms with Crippen molar-refractivity contribution < 1.29 is 20.9 Å². The van der Waals surface area contributed by atoms with Crippen LogP contribution in [0.1, 0.15) is 0 Å². The average Bonchev–Trinajstić information content (AvgIpc) is 2.08. The van der Waals surface area contributed by atoms with Crippen LogP contribution in [0.3, 0.4) is 0 Å². The summed E-state index contributed by atoms with van der Waals surface area (Å²) in [4.78, 5) is 0. The fraction of sp³-hybridized carbons (Fsp3) is 1.00. The van der Waals surface area contributed by atoms with Crippen molar-refractivity contribution in [1.82, 2.24) is 0 Å². The summed E-state index contributed by atoms with van der Waals surface area (Å²) >= 11 is 0. The Morgan fingerprint density at radius 2 is 0.905 bits per heavy atom. The zero-order valence-electron chi connectivity index (χ0n) is 15.6. The van der Waals surface area contributed by atoms with Gasteiger partial charge in [-0.15, -0.1) is 0 Å². The van der Waals surface area contributed by atoms with E-state index in [-0.39, 0.29) is 0 Å². The lowest BCUT2D eigenvalue weighted by molar-refractivity contribution is 0.259. The lowest BCUT2D eigenvalue weighted by Crippen LogP contribution is -2.57. The van der Waals surface area contributed by atoms with Crippen molar-refractivity contribution in [3.63, 3.8) is 0 Å². The molecular formula is C11H34O5Si5. The zero-order valence-corrected chi connectivity index (χ0v) is 20.8. The van der Waals surface area contributed by atoms with Crippen LogP contribution < -0.4 is 0 Å². The van der Waals surface area contributed by atoms with Crippen LogP contribution in [0.4, 0.5) is 0 Å². The summed E-state index contributed by atoms with van der Waals surface area (Å²) in [6.45, 7) is 20.9. The summed E-state index contributed by atoms with van der Waals surface area (Å²) in [6.07, 6.45) is 0. The highest BCUT2D eigenvalue weighted by Gasteiger charge is 2.44. The van der Waals surface area contributed by atoms with E-state index in [2.05, 4.69) is 52.4 Å². The first-order chi connectivity index (χ1) is 9.10. The minimum Gasteiger partial charge on any atom is -0.440 e. The largest absolute Gasteiger partial charge is 0.440 e. The van der Waals surface area contributed by atoms with Crippen molar-refractivity contribution in [3.8, 4) is 0 Å². The molecule has 0 aromatic rings. The summed E-state index contributed by atoms with van der Waals surface area (Å²) in [5, 5.41) is 0. The number of hydrogen-bond acceptors (Lipinski definition) is 5. The van der Waals surface area contributed by atoms with Gasteiger partial charge >= 0.3 is 34.2 Å². The summed E-state index contributed by atoms with van der Waals surface area (Å²) in [7, 11) is -8.21. The van der Waals surface area contributed by atoms with Crippen molar-refractivity contribution in [2.75, 3.05) is 7.11 Å². The predicted octanol–water partition coefficient (Wildman–Crippen LogP) is 3.49. The van der Waals surface area contributed by atoms with Gasteiger partial charge in [-0.2, -0.15) is 0 Å². The molecule has 0 fully saturated rings.